The van der Waals surface area contributed by atoms with E-state index in [4.69, 9.17) is 27.9 Å². The van der Waals surface area contributed by atoms with Gasteiger partial charge in [0, 0.05) is 12.7 Å². The smallest absolute Gasteiger partial charge is 0.264 e. The summed E-state index contributed by atoms with van der Waals surface area (Å²) < 4.78 is 5.73. The van der Waals surface area contributed by atoms with Crippen LogP contribution in [0.5, 0.6) is 11.5 Å². The first-order chi connectivity index (χ1) is 12.1. The molecule has 25 heavy (non-hydrogen) atoms. The molecule has 0 aliphatic heterocycles. The lowest BCUT2D eigenvalue weighted by molar-refractivity contribution is 0.0992. The van der Waals surface area contributed by atoms with E-state index in [0.717, 1.165) is 5.75 Å². The van der Waals surface area contributed by atoms with Crippen LogP contribution in [-0.4, -0.2) is 22.9 Å². The van der Waals surface area contributed by atoms with Crippen LogP contribution in [0.3, 0.4) is 0 Å². The van der Waals surface area contributed by atoms with Gasteiger partial charge in [0.25, 0.3) is 5.91 Å². The fourth-order valence-corrected chi connectivity index (χ4v) is 2.64. The van der Waals surface area contributed by atoms with Crippen LogP contribution in [0.25, 0.3) is 0 Å². The maximum atomic E-state index is 12.6. The van der Waals surface area contributed by atoms with Crippen molar-refractivity contribution in [2.24, 2.45) is 0 Å². The van der Waals surface area contributed by atoms with Gasteiger partial charge in [-0.15, -0.1) is 0 Å². The topological polar surface area (TPSA) is 55.3 Å². The van der Waals surface area contributed by atoms with Crippen LogP contribution in [0, 0.1) is 0 Å². The summed E-state index contributed by atoms with van der Waals surface area (Å²) in [7, 11) is 1.62. The highest BCUT2D eigenvalue weighted by Gasteiger charge is 2.21. The number of hydrogen-bond donors (Lipinski definition) is 0. The van der Waals surface area contributed by atoms with Crippen LogP contribution in [0.2, 0.25) is 10.3 Å². The molecule has 0 bridgehead atoms. The number of amides is 1. The molecule has 7 heteroatoms. The van der Waals surface area contributed by atoms with Crippen molar-refractivity contribution in [3.63, 3.8) is 0 Å². The molecule has 0 spiro atoms. The van der Waals surface area contributed by atoms with Crippen molar-refractivity contribution in [2.75, 3.05) is 11.9 Å². The second-order valence-corrected chi connectivity index (χ2v) is 5.82. The van der Waals surface area contributed by atoms with E-state index in [0.29, 0.717) is 11.4 Å². The molecular formula is C18H13Cl2N3O2. The minimum absolute atomic E-state index is 0.0147. The Labute approximate surface area is 154 Å². The Hall–Kier alpha value is -2.63. The Balaban J connectivity index is 1.79. The lowest BCUT2D eigenvalue weighted by Crippen LogP contribution is -2.27. The molecule has 0 radical (unpaired) electrons. The number of anilines is 1. The molecule has 0 atom stereocenters. The molecule has 2 aromatic carbocycles. The van der Waals surface area contributed by atoms with E-state index in [1.807, 2.05) is 30.3 Å². The van der Waals surface area contributed by atoms with Crippen LogP contribution in [0.4, 0.5) is 5.69 Å². The minimum Gasteiger partial charge on any atom is -0.457 e. The summed E-state index contributed by atoms with van der Waals surface area (Å²) in [6, 6.07) is 16.5. The van der Waals surface area contributed by atoms with E-state index < -0.39 is 5.91 Å². The van der Waals surface area contributed by atoms with Gasteiger partial charge < -0.3 is 9.64 Å². The Morgan fingerprint density at radius 3 is 2.08 bits per heavy atom. The van der Waals surface area contributed by atoms with Crippen LogP contribution in [-0.2, 0) is 0 Å². The third kappa shape index (κ3) is 3.90. The largest absolute Gasteiger partial charge is 0.457 e. The maximum absolute atomic E-state index is 12.6. The van der Waals surface area contributed by atoms with Gasteiger partial charge in [-0.3, -0.25) is 4.79 Å². The summed E-state index contributed by atoms with van der Waals surface area (Å²) in [6.07, 6.45) is 1.21. The Kier molecular flexibility index (Phi) is 5.16. The first-order valence-electron chi connectivity index (χ1n) is 7.33. The molecule has 0 aliphatic rings. The second-order valence-electron chi connectivity index (χ2n) is 5.10. The first-order valence-corrected chi connectivity index (χ1v) is 8.09. The Bertz CT molecular complexity index is 866. The molecule has 1 aromatic heterocycles. The average molecular weight is 374 g/mol. The third-order valence-corrected chi connectivity index (χ3v) is 4.05. The van der Waals surface area contributed by atoms with Crippen molar-refractivity contribution in [1.29, 1.82) is 0 Å². The number of hydrogen-bond acceptors (Lipinski definition) is 4. The molecule has 1 heterocycles. The Morgan fingerprint density at radius 2 is 1.48 bits per heavy atom. The molecule has 126 valence electrons. The number of ether oxygens (including phenoxy) is 1. The third-order valence-electron chi connectivity index (χ3n) is 3.48. The fourth-order valence-electron chi connectivity index (χ4n) is 2.17. The number of aromatic nitrogens is 2. The highest BCUT2D eigenvalue weighted by atomic mass is 35.5. The van der Waals surface area contributed by atoms with Gasteiger partial charge in [0.2, 0.25) is 0 Å². The van der Waals surface area contributed by atoms with Gasteiger partial charge >= 0.3 is 0 Å². The number of carbonyl (C=O) groups excluding carboxylic acids is 1. The second kappa shape index (κ2) is 7.51. The molecule has 0 N–H and O–H groups in total. The highest BCUT2D eigenvalue weighted by molar-refractivity contribution is 6.39. The van der Waals surface area contributed by atoms with E-state index >= 15 is 0 Å². The molecule has 3 rings (SSSR count). The number of para-hydroxylation sites is 1. The maximum Gasteiger partial charge on any atom is 0.264 e. The zero-order valence-corrected chi connectivity index (χ0v) is 14.7. The monoisotopic (exact) mass is 373 g/mol. The number of halogens is 2. The fraction of sp³-hybridized carbons (Fsp3) is 0.0556. The van der Waals surface area contributed by atoms with Crippen molar-refractivity contribution < 1.29 is 9.53 Å². The zero-order valence-electron chi connectivity index (χ0n) is 13.2. The van der Waals surface area contributed by atoms with Crippen molar-refractivity contribution in [3.8, 4) is 11.5 Å². The van der Waals surface area contributed by atoms with Crippen molar-refractivity contribution >= 4 is 34.8 Å². The van der Waals surface area contributed by atoms with Gasteiger partial charge in [-0.25, -0.2) is 9.97 Å². The SMILES string of the molecule is CN(C(=O)c1c(Cl)ncnc1Cl)c1ccc(Oc2ccccc2)cc1. The summed E-state index contributed by atoms with van der Waals surface area (Å²) in [6.45, 7) is 0. The van der Waals surface area contributed by atoms with Gasteiger partial charge in [-0.1, -0.05) is 41.4 Å². The molecule has 0 saturated heterocycles. The predicted octanol–water partition coefficient (Wildman–Crippen LogP) is 4.85. The van der Waals surface area contributed by atoms with E-state index in [-0.39, 0.29) is 15.9 Å². The number of carbonyl (C=O) groups is 1. The molecule has 0 aliphatic carbocycles. The van der Waals surface area contributed by atoms with E-state index in [2.05, 4.69) is 9.97 Å². The summed E-state index contributed by atoms with van der Waals surface area (Å²) in [5.74, 6) is 1.00. The van der Waals surface area contributed by atoms with E-state index in [1.54, 1.807) is 31.3 Å². The molecule has 5 nitrogen and oxygen atoms in total. The molecule has 0 saturated carbocycles. The lowest BCUT2D eigenvalue weighted by atomic mass is 10.2. The Morgan fingerprint density at radius 1 is 0.920 bits per heavy atom. The zero-order chi connectivity index (χ0) is 17.8. The molecule has 1 amide bonds. The normalized spacial score (nSPS) is 10.4. The van der Waals surface area contributed by atoms with Crippen molar-refractivity contribution in [2.45, 2.75) is 0 Å². The van der Waals surface area contributed by atoms with Crippen LogP contribution < -0.4 is 9.64 Å². The van der Waals surface area contributed by atoms with Gasteiger partial charge in [0.1, 0.15) is 33.7 Å². The first kappa shape index (κ1) is 17.2. The number of benzene rings is 2. The van der Waals surface area contributed by atoms with Gasteiger partial charge in [0.15, 0.2) is 0 Å². The minimum atomic E-state index is -0.396. The van der Waals surface area contributed by atoms with E-state index in [9.17, 15) is 4.79 Å². The van der Waals surface area contributed by atoms with E-state index in [1.165, 1.54) is 11.2 Å². The molecule has 0 unspecified atom stereocenters. The number of nitrogens with zero attached hydrogens (tertiary/aromatic N) is 3. The molecule has 3 aromatic rings. The quantitative estimate of drug-likeness (QED) is 0.613. The van der Waals surface area contributed by atoms with Gasteiger partial charge in [0.05, 0.1) is 0 Å². The molecular weight excluding hydrogens is 361 g/mol. The van der Waals surface area contributed by atoms with Crippen LogP contribution in [0.1, 0.15) is 10.4 Å². The van der Waals surface area contributed by atoms with Crippen LogP contribution >= 0.6 is 23.2 Å². The van der Waals surface area contributed by atoms with Crippen molar-refractivity contribution in [1.82, 2.24) is 9.97 Å². The highest BCUT2D eigenvalue weighted by Crippen LogP contribution is 2.27. The molecule has 0 fully saturated rings. The summed E-state index contributed by atoms with van der Waals surface area (Å²) in [5.41, 5.74) is 0.722. The van der Waals surface area contributed by atoms with Gasteiger partial charge in [-0.2, -0.15) is 0 Å². The summed E-state index contributed by atoms with van der Waals surface area (Å²) in [4.78, 5) is 21.6. The number of rotatable bonds is 4. The lowest BCUT2D eigenvalue weighted by Gasteiger charge is -2.18. The summed E-state index contributed by atoms with van der Waals surface area (Å²) in [5, 5.41) is 0.0294. The van der Waals surface area contributed by atoms with Crippen molar-refractivity contribution in [3.05, 3.63) is 76.8 Å². The van der Waals surface area contributed by atoms with Crippen LogP contribution in [0.15, 0.2) is 60.9 Å². The average Bonchev–Trinajstić information content (AvgIpc) is 2.62. The standard InChI is InChI=1S/C18H13Cl2N3O2/c1-23(18(24)15-16(19)21-11-22-17(15)20)12-7-9-14(10-8-12)25-13-5-3-2-4-6-13/h2-11H,1H3. The van der Waals surface area contributed by atoms with Gasteiger partial charge in [-0.05, 0) is 36.4 Å². The summed E-state index contributed by atoms with van der Waals surface area (Å²) >= 11 is 11.9. The predicted molar refractivity (Wildman–Crippen MR) is 97.7 cm³/mol.